The van der Waals surface area contributed by atoms with Gasteiger partial charge in [-0.25, -0.2) is 8.78 Å². The van der Waals surface area contributed by atoms with E-state index in [1.807, 2.05) is 0 Å². The first-order valence-electron chi connectivity index (χ1n) is 4.51. The van der Waals surface area contributed by atoms with Crippen molar-refractivity contribution in [1.29, 1.82) is 0 Å². The molecule has 0 radical (unpaired) electrons. The van der Waals surface area contributed by atoms with Crippen molar-refractivity contribution in [2.24, 2.45) is 5.92 Å². The van der Waals surface area contributed by atoms with Gasteiger partial charge in [-0.1, -0.05) is 0 Å². The second-order valence-corrected chi connectivity index (χ2v) is 5.45. The molecule has 1 atom stereocenters. The van der Waals surface area contributed by atoms with Crippen LogP contribution in [0.3, 0.4) is 0 Å². The summed E-state index contributed by atoms with van der Waals surface area (Å²) in [7, 11) is -3.51. The number of hydrogen-bond donors (Lipinski definition) is 0. The molecule has 0 aromatic heterocycles. The molecule has 84 valence electrons. The molecule has 0 spiro atoms. The predicted octanol–water partition coefficient (Wildman–Crippen LogP) is 1.79. The van der Waals surface area contributed by atoms with Crippen LogP contribution in [0, 0.1) is 5.92 Å². The minimum atomic E-state index is -3.51. The predicted molar refractivity (Wildman–Crippen MR) is 47.7 cm³/mol. The van der Waals surface area contributed by atoms with Crippen LogP contribution in [0.5, 0.6) is 0 Å². The van der Waals surface area contributed by atoms with E-state index in [2.05, 4.69) is 4.18 Å². The molecular weight excluding hydrogens is 214 g/mol. The van der Waals surface area contributed by atoms with Gasteiger partial charge in [0.2, 0.25) is 5.92 Å². The van der Waals surface area contributed by atoms with Crippen LogP contribution in [0.2, 0.25) is 0 Å². The highest BCUT2D eigenvalue weighted by Gasteiger charge is 2.36. The van der Waals surface area contributed by atoms with Gasteiger partial charge in [-0.05, 0) is 18.8 Å². The van der Waals surface area contributed by atoms with Gasteiger partial charge in [-0.3, -0.25) is 4.18 Å². The second kappa shape index (κ2) is 4.10. The van der Waals surface area contributed by atoms with Gasteiger partial charge in [0.25, 0.3) is 10.1 Å². The quantitative estimate of drug-likeness (QED) is 0.692. The Kier molecular flexibility index (Phi) is 3.47. The van der Waals surface area contributed by atoms with Crippen molar-refractivity contribution in [3.05, 3.63) is 0 Å². The van der Waals surface area contributed by atoms with E-state index in [1.54, 1.807) is 0 Å². The van der Waals surface area contributed by atoms with E-state index in [0.29, 0.717) is 12.8 Å². The molecular formula is C8H14F2O3S. The highest BCUT2D eigenvalue weighted by Crippen LogP contribution is 2.36. The summed E-state index contributed by atoms with van der Waals surface area (Å²) < 4.78 is 51.5. The van der Waals surface area contributed by atoms with Crippen molar-refractivity contribution in [2.75, 3.05) is 12.9 Å². The van der Waals surface area contributed by atoms with Crippen molar-refractivity contribution in [3.8, 4) is 0 Å². The zero-order valence-electron chi connectivity index (χ0n) is 8.00. The standard InChI is InChI=1S/C8H14F2O3S/c1-14(11,12)13-6-7-3-2-4-8(9,10)5-7/h7H,2-6H2,1H3. The maximum Gasteiger partial charge on any atom is 0.264 e. The van der Waals surface area contributed by atoms with Crippen LogP contribution >= 0.6 is 0 Å². The molecule has 0 heterocycles. The molecule has 1 aliphatic carbocycles. The topological polar surface area (TPSA) is 43.4 Å². The summed E-state index contributed by atoms with van der Waals surface area (Å²) in [6.07, 6.45) is 1.62. The summed E-state index contributed by atoms with van der Waals surface area (Å²) in [5, 5.41) is 0. The normalized spacial score (nSPS) is 27.5. The summed E-state index contributed by atoms with van der Waals surface area (Å²) in [6, 6.07) is 0. The average Bonchev–Trinajstić information content (AvgIpc) is 1.98. The zero-order chi connectivity index (χ0) is 10.8. The molecule has 6 heteroatoms. The molecule has 0 aliphatic heterocycles. The van der Waals surface area contributed by atoms with Crippen molar-refractivity contribution < 1.29 is 21.4 Å². The molecule has 0 bridgehead atoms. The van der Waals surface area contributed by atoms with Gasteiger partial charge >= 0.3 is 0 Å². The Labute approximate surface area is 82.6 Å². The van der Waals surface area contributed by atoms with E-state index < -0.39 is 16.0 Å². The Balaban J connectivity index is 2.39. The fourth-order valence-corrected chi connectivity index (χ4v) is 2.08. The minimum absolute atomic E-state index is 0.0949. The molecule has 0 amide bonds. The van der Waals surface area contributed by atoms with Crippen LogP contribution in [0.4, 0.5) is 8.78 Å². The van der Waals surface area contributed by atoms with Gasteiger partial charge in [0.1, 0.15) is 0 Å². The molecule has 1 aliphatic rings. The molecule has 3 nitrogen and oxygen atoms in total. The van der Waals surface area contributed by atoms with Crippen LogP contribution in [-0.4, -0.2) is 27.2 Å². The van der Waals surface area contributed by atoms with Crippen molar-refractivity contribution in [2.45, 2.75) is 31.6 Å². The maximum atomic E-state index is 12.9. The Hall–Kier alpha value is -0.230. The van der Waals surface area contributed by atoms with Crippen LogP contribution in [0.15, 0.2) is 0 Å². The molecule has 0 saturated heterocycles. The van der Waals surface area contributed by atoms with E-state index in [0.717, 1.165) is 6.26 Å². The van der Waals surface area contributed by atoms with Crippen LogP contribution in [0.25, 0.3) is 0 Å². The molecule has 1 unspecified atom stereocenters. The molecule has 14 heavy (non-hydrogen) atoms. The summed E-state index contributed by atoms with van der Waals surface area (Å²) in [6.45, 7) is -0.117. The van der Waals surface area contributed by atoms with E-state index in [9.17, 15) is 17.2 Å². The number of alkyl halides is 2. The average molecular weight is 228 g/mol. The molecule has 0 aromatic rings. The number of halogens is 2. The third-order valence-electron chi connectivity index (χ3n) is 2.26. The van der Waals surface area contributed by atoms with Crippen LogP contribution in [0.1, 0.15) is 25.7 Å². The lowest BCUT2D eigenvalue weighted by Crippen LogP contribution is -2.29. The monoisotopic (exact) mass is 228 g/mol. The Bertz CT molecular complexity index is 287. The first-order chi connectivity index (χ1) is 6.29. The number of hydrogen-bond acceptors (Lipinski definition) is 3. The van der Waals surface area contributed by atoms with Crippen LogP contribution < -0.4 is 0 Å². The largest absolute Gasteiger partial charge is 0.270 e. The summed E-state index contributed by atoms with van der Waals surface area (Å²) in [5.74, 6) is -2.99. The molecule has 1 rings (SSSR count). The van der Waals surface area contributed by atoms with Gasteiger partial charge in [0.15, 0.2) is 0 Å². The Morgan fingerprint density at radius 3 is 2.64 bits per heavy atom. The number of rotatable bonds is 3. The molecule has 1 saturated carbocycles. The lowest BCUT2D eigenvalue weighted by molar-refractivity contribution is -0.0582. The zero-order valence-corrected chi connectivity index (χ0v) is 8.82. The lowest BCUT2D eigenvalue weighted by atomic mass is 9.87. The van der Waals surface area contributed by atoms with Gasteiger partial charge < -0.3 is 0 Å². The molecule has 1 fully saturated rings. The first-order valence-corrected chi connectivity index (χ1v) is 6.32. The van der Waals surface area contributed by atoms with Gasteiger partial charge in [0, 0.05) is 12.8 Å². The minimum Gasteiger partial charge on any atom is -0.270 e. The van der Waals surface area contributed by atoms with Crippen LogP contribution in [-0.2, 0) is 14.3 Å². The lowest BCUT2D eigenvalue weighted by Gasteiger charge is -2.28. The first kappa shape index (κ1) is 11.8. The molecule has 0 aromatic carbocycles. The summed E-state index contributed by atoms with van der Waals surface area (Å²) >= 11 is 0. The third-order valence-corrected chi connectivity index (χ3v) is 2.82. The SMILES string of the molecule is CS(=O)(=O)OCC1CCCC(F)(F)C1. The van der Waals surface area contributed by atoms with E-state index >= 15 is 0 Å². The third kappa shape index (κ3) is 4.32. The van der Waals surface area contributed by atoms with E-state index in [1.165, 1.54) is 0 Å². The highest BCUT2D eigenvalue weighted by atomic mass is 32.2. The summed E-state index contributed by atoms with van der Waals surface area (Å²) in [4.78, 5) is 0. The fraction of sp³-hybridized carbons (Fsp3) is 1.00. The Morgan fingerprint density at radius 1 is 1.50 bits per heavy atom. The van der Waals surface area contributed by atoms with Crippen molar-refractivity contribution in [3.63, 3.8) is 0 Å². The van der Waals surface area contributed by atoms with E-state index in [4.69, 9.17) is 0 Å². The Morgan fingerprint density at radius 2 is 2.14 bits per heavy atom. The highest BCUT2D eigenvalue weighted by molar-refractivity contribution is 7.85. The summed E-state index contributed by atoms with van der Waals surface area (Å²) in [5.41, 5.74) is 0. The van der Waals surface area contributed by atoms with E-state index in [-0.39, 0.29) is 25.4 Å². The van der Waals surface area contributed by atoms with Crippen molar-refractivity contribution in [1.82, 2.24) is 0 Å². The maximum absolute atomic E-state index is 12.9. The molecule has 0 N–H and O–H groups in total. The second-order valence-electron chi connectivity index (χ2n) is 3.81. The smallest absolute Gasteiger partial charge is 0.264 e. The fourth-order valence-electron chi connectivity index (χ4n) is 1.64. The van der Waals surface area contributed by atoms with Gasteiger partial charge in [-0.15, -0.1) is 0 Å². The van der Waals surface area contributed by atoms with Gasteiger partial charge in [-0.2, -0.15) is 8.42 Å². The van der Waals surface area contributed by atoms with Gasteiger partial charge in [0.05, 0.1) is 12.9 Å². The van der Waals surface area contributed by atoms with Crippen molar-refractivity contribution >= 4 is 10.1 Å².